The summed E-state index contributed by atoms with van der Waals surface area (Å²) < 4.78 is 7.45. The zero-order chi connectivity index (χ0) is 24.5. The maximum absolute atomic E-state index is 13.0. The summed E-state index contributed by atoms with van der Waals surface area (Å²) in [6, 6.07) is 9.61. The molecule has 1 aromatic carbocycles. The van der Waals surface area contributed by atoms with E-state index in [9.17, 15) is 9.59 Å². The van der Waals surface area contributed by atoms with Gasteiger partial charge in [0.2, 0.25) is 5.91 Å². The molecule has 1 N–H and O–H groups in total. The number of hydrogen-bond donors (Lipinski definition) is 1. The molecule has 0 saturated heterocycles. The third-order valence-corrected chi connectivity index (χ3v) is 6.79. The molecule has 1 aliphatic rings. The number of amides is 1. The molecule has 0 bridgehead atoms. The number of nitrogens with one attached hydrogen (secondary N) is 1. The van der Waals surface area contributed by atoms with E-state index in [-0.39, 0.29) is 25.0 Å². The minimum absolute atomic E-state index is 0.0375. The molecule has 0 atom stereocenters. The number of pyridine rings is 1. The second kappa shape index (κ2) is 9.58. The van der Waals surface area contributed by atoms with Crippen molar-refractivity contribution in [2.75, 3.05) is 5.32 Å². The van der Waals surface area contributed by atoms with Gasteiger partial charge in [0.1, 0.15) is 11.6 Å². The Bertz CT molecular complexity index is 1390. The van der Waals surface area contributed by atoms with Crippen LogP contribution in [0.5, 0.6) is 0 Å². The molecule has 0 aliphatic heterocycles. The summed E-state index contributed by atoms with van der Waals surface area (Å²) >= 11 is 1.38. The van der Waals surface area contributed by atoms with Crippen molar-refractivity contribution in [1.29, 1.82) is 0 Å². The minimum Gasteiger partial charge on any atom is -0.456 e. The van der Waals surface area contributed by atoms with Crippen LogP contribution in [-0.2, 0) is 22.6 Å². The van der Waals surface area contributed by atoms with Gasteiger partial charge in [-0.1, -0.05) is 17.7 Å². The highest BCUT2D eigenvalue weighted by Crippen LogP contribution is 2.40. The Morgan fingerprint density at radius 2 is 1.97 bits per heavy atom. The Hall–Kier alpha value is -3.59. The molecule has 1 aliphatic carbocycles. The highest BCUT2D eigenvalue weighted by molar-refractivity contribution is 7.09. The van der Waals surface area contributed by atoms with Crippen LogP contribution >= 0.6 is 11.3 Å². The fourth-order valence-corrected chi connectivity index (χ4v) is 4.64. The fourth-order valence-electron chi connectivity index (χ4n) is 3.87. The fraction of sp³-hybridized carbons (Fsp3) is 0.346. The van der Waals surface area contributed by atoms with E-state index in [0.29, 0.717) is 33.2 Å². The highest BCUT2D eigenvalue weighted by atomic mass is 32.1. The summed E-state index contributed by atoms with van der Waals surface area (Å²) in [5, 5.41) is 10.5. The molecule has 3 heterocycles. The van der Waals surface area contributed by atoms with Gasteiger partial charge in [0.05, 0.1) is 29.3 Å². The number of fused-ring (bicyclic) bond motifs is 1. The van der Waals surface area contributed by atoms with Crippen molar-refractivity contribution in [3.8, 4) is 0 Å². The zero-order valence-electron chi connectivity index (χ0n) is 19.9. The summed E-state index contributed by atoms with van der Waals surface area (Å²) in [5.74, 6) is -0.163. The molecule has 8 nitrogen and oxygen atoms in total. The average molecular weight is 490 g/mol. The Labute approximate surface area is 207 Å². The summed E-state index contributed by atoms with van der Waals surface area (Å²) in [6.07, 6.45) is 4.02. The number of nitrogens with zero attached hydrogens (tertiary/aromatic N) is 4. The van der Waals surface area contributed by atoms with Crippen molar-refractivity contribution in [2.45, 2.75) is 58.6 Å². The Morgan fingerprint density at radius 3 is 2.69 bits per heavy atom. The van der Waals surface area contributed by atoms with Crippen molar-refractivity contribution in [1.82, 2.24) is 19.7 Å². The van der Waals surface area contributed by atoms with Gasteiger partial charge in [0.25, 0.3) is 0 Å². The molecule has 0 spiro atoms. The lowest BCUT2D eigenvalue weighted by Crippen LogP contribution is -2.14. The van der Waals surface area contributed by atoms with Crippen molar-refractivity contribution in [3.63, 3.8) is 0 Å². The first kappa shape index (κ1) is 23.2. The van der Waals surface area contributed by atoms with Gasteiger partial charge in [-0.15, -0.1) is 11.3 Å². The SMILES string of the molecule is Cc1ccc(NC(=O)Cc2nc(COC(=O)c3cc(C4CC4)nc4c3cnn4C(C)C)cs2)cc1. The van der Waals surface area contributed by atoms with Crippen molar-refractivity contribution < 1.29 is 14.3 Å². The predicted molar refractivity (Wildman–Crippen MR) is 135 cm³/mol. The number of aryl methyl sites for hydroxylation is 1. The lowest BCUT2D eigenvalue weighted by atomic mass is 10.1. The van der Waals surface area contributed by atoms with E-state index in [4.69, 9.17) is 9.72 Å². The van der Waals surface area contributed by atoms with E-state index in [1.54, 1.807) is 6.20 Å². The van der Waals surface area contributed by atoms with Crippen LogP contribution in [0.2, 0.25) is 0 Å². The zero-order valence-corrected chi connectivity index (χ0v) is 20.8. The van der Waals surface area contributed by atoms with Crippen LogP contribution in [0.15, 0.2) is 41.9 Å². The predicted octanol–water partition coefficient (Wildman–Crippen LogP) is 5.19. The number of carbonyl (C=O) groups is 2. The van der Waals surface area contributed by atoms with Gasteiger partial charge in [-0.25, -0.2) is 19.4 Å². The quantitative estimate of drug-likeness (QED) is 0.342. The molecule has 1 fully saturated rings. The molecule has 180 valence electrons. The number of rotatable bonds is 8. The number of ether oxygens (including phenoxy) is 1. The van der Waals surface area contributed by atoms with Crippen molar-refractivity contribution in [2.24, 2.45) is 0 Å². The molecule has 5 rings (SSSR count). The molecule has 9 heteroatoms. The lowest BCUT2D eigenvalue weighted by Gasteiger charge is -2.10. The molecular weight excluding hydrogens is 462 g/mol. The third kappa shape index (κ3) is 5.24. The van der Waals surface area contributed by atoms with Crippen LogP contribution < -0.4 is 5.32 Å². The maximum atomic E-state index is 13.0. The van der Waals surface area contributed by atoms with Crippen LogP contribution in [0.4, 0.5) is 5.69 Å². The van der Waals surface area contributed by atoms with Gasteiger partial charge < -0.3 is 10.1 Å². The first-order valence-corrected chi connectivity index (χ1v) is 12.6. The van der Waals surface area contributed by atoms with Crippen LogP contribution in [0.25, 0.3) is 11.0 Å². The van der Waals surface area contributed by atoms with Gasteiger partial charge in [0.15, 0.2) is 5.65 Å². The van der Waals surface area contributed by atoms with Gasteiger partial charge in [-0.3, -0.25) is 4.79 Å². The van der Waals surface area contributed by atoms with E-state index in [1.807, 2.05) is 61.2 Å². The van der Waals surface area contributed by atoms with Crippen LogP contribution in [0.3, 0.4) is 0 Å². The molecule has 4 aromatic rings. The van der Waals surface area contributed by atoms with E-state index < -0.39 is 5.97 Å². The first-order valence-electron chi connectivity index (χ1n) is 11.7. The number of aromatic nitrogens is 4. The molecule has 0 radical (unpaired) electrons. The van der Waals surface area contributed by atoms with Gasteiger partial charge >= 0.3 is 5.97 Å². The highest BCUT2D eigenvalue weighted by Gasteiger charge is 2.28. The van der Waals surface area contributed by atoms with Gasteiger partial charge in [-0.05, 0) is 51.8 Å². The molecule has 35 heavy (non-hydrogen) atoms. The van der Waals surface area contributed by atoms with Crippen LogP contribution in [0, 0.1) is 6.92 Å². The first-order chi connectivity index (χ1) is 16.9. The molecular formula is C26H27N5O3S. The van der Waals surface area contributed by atoms with Gasteiger partial charge in [-0.2, -0.15) is 5.10 Å². The summed E-state index contributed by atoms with van der Waals surface area (Å²) in [4.78, 5) is 34.6. The van der Waals surface area contributed by atoms with E-state index >= 15 is 0 Å². The summed E-state index contributed by atoms with van der Waals surface area (Å²) in [7, 11) is 0. The molecule has 1 amide bonds. The Morgan fingerprint density at radius 1 is 1.20 bits per heavy atom. The topological polar surface area (TPSA) is 99.0 Å². The summed E-state index contributed by atoms with van der Waals surface area (Å²) in [6.45, 7) is 6.11. The van der Waals surface area contributed by atoms with Crippen LogP contribution in [-0.4, -0.2) is 31.6 Å². The average Bonchev–Trinajstić information content (AvgIpc) is 3.44. The minimum atomic E-state index is -0.422. The molecule has 0 unspecified atom stereocenters. The smallest absolute Gasteiger partial charge is 0.339 e. The largest absolute Gasteiger partial charge is 0.456 e. The Balaban J connectivity index is 1.25. The lowest BCUT2D eigenvalue weighted by molar-refractivity contribution is -0.115. The number of benzene rings is 1. The Kier molecular flexibility index (Phi) is 6.34. The normalized spacial score (nSPS) is 13.4. The van der Waals surface area contributed by atoms with E-state index in [2.05, 4.69) is 15.4 Å². The number of anilines is 1. The van der Waals surface area contributed by atoms with Crippen LogP contribution in [0.1, 0.15) is 71.0 Å². The standard InChI is InChI=1S/C26H27N5O3S/c1-15(2)31-25-21(12-27-31)20(10-22(30-25)17-6-7-17)26(33)34-13-19-14-35-24(29-19)11-23(32)28-18-8-4-16(3)5-9-18/h4-5,8-10,12,14-15,17H,6-7,11,13H2,1-3H3,(H,28,32). The van der Waals surface area contributed by atoms with Gasteiger partial charge in [0, 0.05) is 28.7 Å². The van der Waals surface area contributed by atoms with E-state index in [0.717, 1.165) is 29.8 Å². The van der Waals surface area contributed by atoms with E-state index in [1.165, 1.54) is 11.3 Å². The number of carbonyl (C=O) groups excluding carboxylic acids is 2. The second-order valence-electron chi connectivity index (χ2n) is 9.19. The third-order valence-electron chi connectivity index (χ3n) is 5.89. The van der Waals surface area contributed by atoms with Crippen molar-refractivity contribution in [3.05, 3.63) is 69.4 Å². The summed E-state index contributed by atoms with van der Waals surface area (Å²) in [5.41, 5.74) is 4.62. The number of thiazole rings is 1. The second-order valence-corrected chi connectivity index (χ2v) is 10.1. The monoisotopic (exact) mass is 489 g/mol. The molecule has 1 saturated carbocycles. The number of esters is 1. The maximum Gasteiger partial charge on any atom is 0.339 e. The van der Waals surface area contributed by atoms with Crippen molar-refractivity contribution >= 4 is 39.9 Å². The molecule has 3 aromatic heterocycles. The number of hydrogen-bond acceptors (Lipinski definition) is 7.